The zero-order valence-corrected chi connectivity index (χ0v) is 16.3. The van der Waals surface area contributed by atoms with Crippen molar-refractivity contribution < 1.29 is 14.2 Å². The fourth-order valence-electron chi connectivity index (χ4n) is 2.56. The van der Waals surface area contributed by atoms with E-state index in [1.165, 1.54) is 0 Å². The van der Waals surface area contributed by atoms with E-state index >= 15 is 0 Å². The molecule has 0 saturated heterocycles. The first-order valence-electron chi connectivity index (χ1n) is 8.16. The van der Waals surface area contributed by atoms with Crippen molar-refractivity contribution in [2.75, 3.05) is 21.3 Å². The molecule has 2 aromatic carbocycles. The van der Waals surface area contributed by atoms with E-state index in [0.29, 0.717) is 33.4 Å². The van der Waals surface area contributed by atoms with Gasteiger partial charge < -0.3 is 14.2 Å². The Hall–Kier alpha value is -3.13. The Balaban J connectivity index is 2.03. The van der Waals surface area contributed by atoms with E-state index in [1.54, 1.807) is 44.4 Å². The number of methoxy groups -OCH3 is 3. The SMILES string of the molecule is COc1cc(OC)c(OC)cc1C=Nn1c(-c2ccc(C)cc2)n[nH]c1=S. The van der Waals surface area contributed by atoms with Crippen LogP contribution in [0.25, 0.3) is 11.4 Å². The van der Waals surface area contributed by atoms with Gasteiger partial charge in [-0.05, 0) is 25.2 Å². The van der Waals surface area contributed by atoms with Gasteiger partial charge in [-0.2, -0.15) is 14.9 Å². The fourth-order valence-corrected chi connectivity index (χ4v) is 2.74. The van der Waals surface area contributed by atoms with E-state index in [2.05, 4.69) is 15.3 Å². The number of hydrogen-bond donors (Lipinski definition) is 1. The average Bonchev–Trinajstić information content (AvgIpc) is 3.06. The third kappa shape index (κ3) is 3.85. The van der Waals surface area contributed by atoms with E-state index < -0.39 is 0 Å². The van der Waals surface area contributed by atoms with E-state index in [-0.39, 0.29) is 0 Å². The van der Waals surface area contributed by atoms with Gasteiger partial charge in [0, 0.05) is 17.2 Å². The zero-order chi connectivity index (χ0) is 19.4. The summed E-state index contributed by atoms with van der Waals surface area (Å²) in [5, 5.41) is 11.6. The van der Waals surface area contributed by atoms with E-state index in [4.69, 9.17) is 26.4 Å². The second kappa shape index (κ2) is 8.05. The average molecular weight is 384 g/mol. The van der Waals surface area contributed by atoms with Gasteiger partial charge in [0.05, 0.1) is 27.5 Å². The Morgan fingerprint density at radius 1 is 1.00 bits per heavy atom. The Kier molecular flexibility index (Phi) is 5.56. The maximum Gasteiger partial charge on any atom is 0.216 e. The van der Waals surface area contributed by atoms with Crippen molar-refractivity contribution in [2.45, 2.75) is 6.92 Å². The number of benzene rings is 2. The minimum Gasteiger partial charge on any atom is -0.496 e. The first-order valence-corrected chi connectivity index (χ1v) is 8.57. The van der Waals surface area contributed by atoms with Crippen LogP contribution in [0.2, 0.25) is 0 Å². The first kappa shape index (κ1) is 18.7. The minimum absolute atomic E-state index is 0.390. The monoisotopic (exact) mass is 384 g/mol. The summed E-state index contributed by atoms with van der Waals surface area (Å²) in [6.07, 6.45) is 1.64. The maximum atomic E-state index is 5.43. The molecule has 0 aliphatic rings. The molecule has 0 saturated carbocycles. The van der Waals surface area contributed by atoms with Crippen LogP contribution in [0.4, 0.5) is 0 Å². The summed E-state index contributed by atoms with van der Waals surface area (Å²) in [6.45, 7) is 2.03. The number of nitrogens with zero attached hydrogens (tertiary/aromatic N) is 3. The smallest absolute Gasteiger partial charge is 0.216 e. The van der Waals surface area contributed by atoms with Crippen LogP contribution in [0.15, 0.2) is 41.5 Å². The molecule has 0 spiro atoms. The molecule has 1 heterocycles. The van der Waals surface area contributed by atoms with Crippen LogP contribution in [0.3, 0.4) is 0 Å². The molecule has 0 amide bonds. The molecule has 0 unspecified atom stereocenters. The number of aromatic nitrogens is 3. The van der Waals surface area contributed by atoms with Gasteiger partial charge in [0.25, 0.3) is 0 Å². The lowest BCUT2D eigenvalue weighted by Crippen LogP contribution is -1.99. The largest absolute Gasteiger partial charge is 0.496 e. The molecule has 0 aliphatic heterocycles. The highest BCUT2D eigenvalue weighted by molar-refractivity contribution is 7.71. The van der Waals surface area contributed by atoms with Crippen LogP contribution < -0.4 is 14.2 Å². The molecule has 1 N–H and O–H groups in total. The molecule has 0 aliphatic carbocycles. The van der Waals surface area contributed by atoms with Crippen molar-refractivity contribution in [3.63, 3.8) is 0 Å². The van der Waals surface area contributed by atoms with Crippen LogP contribution >= 0.6 is 12.2 Å². The molecule has 0 atom stereocenters. The van der Waals surface area contributed by atoms with Crippen molar-refractivity contribution in [3.05, 3.63) is 52.3 Å². The molecule has 0 fully saturated rings. The van der Waals surface area contributed by atoms with Crippen molar-refractivity contribution in [2.24, 2.45) is 5.10 Å². The standard InChI is InChI=1S/C19H20N4O3S/c1-12-5-7-13(8-6-12)18-21-22-19(27)23(18)20-11-14-9-16(25-3)17(26-4)10-15(14)24-2/h5-11H,1-4H3,(H,22,27). The van der Waals surface area contributed by atoms with E-state index in [9.17, 15) is 0 Å². The fraction of sp³-hybridized carbons (Fsp3) is 0.211. The summed E-state index contributed by atoms with van der Waals surface area (Å²) in [5.74, 6) is 2.38. The predicted molar refractivity (Wildman–Crippen MR) is 107 cm³/mol. The van der Waals surface area contributed by atoms with Crippen LogP contribution in [0.1, 0.15) is 11.1 Å². The van der Waals surface area contributed by atoms with Gasteiger partial charge in [0.15, 0.2) is 17.3 Å². The summed E-state index contributed by atoms with van der Waals surface area (Å²) in [6, 6.07) is 11.5. The zero-order valence-electron chi connectivity index (χ0n) is 15.5. The molecule has 140 valence electrons. The number of ether oxygens (including phenoxy) is 3. The lowest BCUT2D eigenvalue weighted by atomic mass is 10.1. The number of H-pyrrole nitrogens is 1. The molecule has 0 radical (unpaired) electrons. The van der Waals surface area contributed by atoms with Gasteiger partial charge in [-0.1, -0.05) is 29.8 Å². The van der Waals surface area contributed by atoms with Crippen LogP contribution in [0, 0.1) is 11.7 Å². The highest BCUT2D eigenvalue weighted by Crippen LogP contribution is 2.33. The van der Waals surface area contributed by atoms with Crippen molar-refractivity contribution in [1.29, 1.82) is 0 Å². The van der Waals surface area contributed by atoms with E-state index in [0.717, 1.165) is 11.1 Å². The molecular weight excluding hydrogens is 364 g/mol. The van der Waals surface area contributed by atoms with Crippen LogP contribution in [-0.4, -0.2) is 42.4 Å². The third-order valence-corrected chi connectivity index (χ3v) is 4.27. The van der Waals surface area contributed by atoms with E-state index in [1.807, 2.05) is 31.2 Å². The summed E-state index contributed by atoms with van der Waals surface area (Å²) in [4.78, 5) is 0. The second-order valence-corrected chi connectivity index (χ2v) is 6.11. The van der Waals surface area contributed by atoms with Gasteiger partial charge in [-0.15, -0.1) is 0 Å². The maximum absolute atomic E-state index is 5.43. The lowest BCUT2D eigenvalue weighted by molar-refractivity contribution is 0.349. The summed E-state index contributed by atoms with van der Waals surface area (Å²) >= 11 is 5.32. The van der Waals surface area contributed by atoms with Gasteiger partial charge in [-0.3, -0.25) is 0 Å². The molecule has 0 bridgehead atoms. The van der Waals surface area contributed by atoms with Crippen molar-refractivity contribution in [3.8, 4) is 28.6 Å². The first-order chi connectivity index (χ1) is 13.1. The number of aromatic amines is 1. The van der Waals surface area contributed by atoms with Gasteiger partial charge in [0.2, 0.25) is 4.77 Å². The number of rotatable bonds is 6. The second-order valence-electron chi connectivity index (χ2n) is 5.72. The normalized spacial score (nSPS) is 11.0. The topological polar surface area (TPSA) is 73.7 Å². The van der Waals surface area contributed by atoms with Gasteiger partial charge in [0.1, 0.15) is 5.75 Å². The summed E-state index contributed by atoms with van der Waals surface area (Å²) in [5.41, 5.74) is 2.79. The van der Waals surface area contributed by atoms with Crippen molar-refractivity contribution in [1.82, 2.24) is 14.9 Å². The molecule has 8 heteroatoms. The van der Waals surface area contributed by atoms with Gasteiger partial charge in [-0.25, -0.2) is 5.10 Å². The predicted octanol–water partition coefficient (Wildman–Crippen LogP) is 3.82. The third-order valence-electron chi connectivity index (χ3n) is 4.01. The quantitative estimate of drug-likeness (QED) is 0.517. The number of aryl methyl sites for hydroxylation is 1. The summed E-state index contributed by atoms with van der Waals surface area (Å²) in [7, 11) is 4.73. The van der Waals surface area contributed by atoms with Gasteiger partial charge >= 0.3 is 0 Å². The number of nitrogens with one attached hydrogen (secondary N) is 1. The molecule has 3 aromatic rings. The molecular formula is C19H20N4O3S. The Labute approximate surface area is 162 Å². The highest BCUT2D eigenvalue weighted by atomic mass is 32.1. The van der Waals surface area contributed by atoms with Crippen LogP contribution in [0.5, 0.6) is 17.2 Å². The minimum atomic E-state index is 0.390. The van der Waals surface area contributed by atoms with Crippen molar-refractivity contribution >= 4 is 18.4 Å². The molecule has 27 heavy (non-hydrogen) atoms. The highest BCUT2D eigenvalue weighted by Gasteiger charge is 2.12. The Morgan fingerprint density at radius 2 is 1.63 bits per heavy atom. The molecule has 7 nitrogen and oxygen atoms in total. The molecule has 3 rings (SSSR count). The Bertz CT molecular complexity index is 1020. The van der Waals surface area contributed by atoms with Crippen LogP contribution in [-0.2, 0) is 0 Å². The molecule has 1 aromatic heterocycles. The lowest BCUT2D eigenvalue weighted by Gasteiger charge is -2.11. The Morgan fingerprint density at radius 3 is 2.26 bits per heavy atom. The number of hydrogen-bond acceptors (Lipinski definition) is 6. The summed E-state index contributed by atoms with van der Waals surface area (Å²) < 4.78 is 18.0.